The van der Waals surface area contributed by atoms with Crippen LogP contribution < -0.4 is 4.74 Å². The highest BCUT2D eigenvalue weighted by molar-refractivity contribution is 5.83. The van der Waals surface area contributed by atoms with Crippen molar-refractivity contribution in [1.29, 1.82) is 0 Å². The molecule has 0 fully saturated rings. The van der Waals surface area contributed by atoms with Crippen LogP contribution in [0.5, 0.6) is 5.75 Å². The Hall–Kier alpha value is -1.84. The average molecular weight is 193 g/mol. The van der Waals surface area contributed by atoms with E-state index in [0.717, 1.165) is 5.56 Å². The molecule has 0 aliphatic heterocycles. The van der Waals surface area contributed by atoms with Crippen LogP contribution in [0.1, 0.15) is 12.5 Å². The van der Waals surface area contributed by atoms with Gasteiger partial charge >= 0.3 is 5.97 Å². The van der Waals surface area contributed by atoms with Gasteiger partial charge in [-0.25, -0.2) is 4.79 Å². The van der Waals surface area contributed by atoms with E-state index in [-0.39, 0.29) is 0 Å². The van der Waals surface area contributed by atoms with E-state index in [4.69, 9.17) is 4.74 Å². The van der Waals surface area contributed by atoms with Crippen molar-refractivity contribution in [3.63, 3.8) is 0 Å². The summed E-state index contributed by atoms with van der Waals surface area (Å²) in [4.78, 5) is 14.8. The summed E-state index contributed by atoms with van der Waals surface area (Å²) in [5, 5.41) is 3.50. The minimum atomic E-state index is -0.448. The van der Waals surface area contributed by atoms with E-state index in [1.54, 1.807) is 13.2 Å². The van der Waals surface area contributed by atoms with Crippen LogP contribution in [0.25, 0.3) is 0 Å². The third-order valence-corrected chi connectivity index (χ3v) is 1.51. The maximum atomic E-state index is 10.4. The lowest BCUT2D eigenvalue weighted by Gasteiger charge is -2.01. The SMILES string of the molecule is COc1ccccc1/C=N/OC(C)=O. The van der Waals surface area contributed by atoms with E-state index in [1.165, 1.54) is 13.1 Å². The van der Waals surface area contributed by atoms with Gasteiger partial charge in [-0.15, -0.1) is 0 Å². The lowest BCUT2D eigenvalue weighted by atomic mass is 10.2. The number of oxime groups is 1. The molecule has 1 aromatic carbocycles. The average Bonchev–Trinajstić information content (AvgIpc) is 2.18. The molecule has 0 radical (unpaired) electrons. The number of benzene rings is 1. The first-order chi connectivity index (χ1) is 6.74. The van der Waals surface area contributed by atoms with Crippen LogP contribution in [0.4, 0.5) is 0 Å². The second-order valence-corrected chi connectivity index (χ2v) is 2.56. The van der Waals surface area contributed by atoms with Gasteiger partial charge in [-0.3, -0.25) is 0 Å². The zero-order valence-corrected chi connectivity index (χ0v) is 8.06. The summed E-state index contributed by atoms with van der Waals surface area (Å²) in [6.45, 7) is 1.29. The van der Waals surface area contributed by atoms with Gasteiger partial charge in [0, 0.05) is 12.5 Å². The van der Waals surface area contributed by atoms with Gasteiger partial charge in [-0.2, -0.15) is 0 Å². The third-order valence-electron chi connectivity index (χ3n) is 1.51. The second kappa shape index (κ2) is 5.01. The number of rotatable bonds is 3. The van der Waals surface area contributed by atoms with Crippen LogP contribution in [0.15, 0.2) is 29.4 Å². The molecule has 0 bridgehead atoms. The number of methoxy groups -OCH3 is 1. The minimum absolute atomic E-state index is 0.448. The summed E-state index contributed by atoms with van der Waals surface area (Å²) >= 11 is 0. The molecule has 0 aliphatic rings. The first-order valence-corrected chi connectivity index (χ1v) is 4.08. The van der Waals surface area contributed by atoms with Crippen molar-refractivity contribution in [3.8, 4) is 5.75 Å². The fourth-order valence-electron chi connectivity index (χ4n) is 0.930. The van der Waals surface area contributed by atoms with Gasteiger partial charge in [0.05, 0.1) is 13.3 Å². The molecule has 1 rings (SSSR count). The van der Waals surface area contributed by atoms with E-state index in [9.17, 15) is 4.79 Å². The highest BCUT2D eigenvalue weighted by Crippen LogP contribution is 2.14. The first-order valence-electron chi connectivity index (χ1n) is 4.08. The van der Waals surface area contributed by atoms with Gasteiger partial charge in [0.25, 0.3) is 0 Å². The number of carbonyl (C=O) groups excluding carboxylic acids is 1. The largest absolute Gasteiger partial charge is 0.496 e. The number of para-hydroxylation sites is 1. The van der Waals surface area contributed by atoms with Crippen LogP contribution in [0.3, 0.4) is 0 Å². The first kappa shape index (κ1) is 10.2. The van der Waals surface area contributed by atoms with Crippen LogP contribution >= 0.6 is 0 Å². The van der Waals surface area contributed by atoms with Crippen LogP contribution in [-0.4, -0.2) is 19.3 Å². The lowest BCUT2D eigenvalue weighted by molar-refractivity contribution is -0.140. The third kappa shape index (κ3) is 2.90. The Morgan fingerprint density at radius 3 is 2.79 bits per heavy atom. The molecule has 0 spiro atoms. The monoisotopic (exact) mass is 193 g/mol. The van der Waals surface area contributed by atoms with Crippen LogP contribution in [0.2, 0.25) is 0 Å². The lowest BCUT2D eigenvalue weighted by Crippen LogP contribution is -1.93. The molecular formula is C10H11NO3. The molecule has 0 aliphatic carbocycles. The molecule has 0 unspecified atom stereocenters. The van der Waals surface area contributed by atoms with E-state index in [1.807, 2.05) is 18.2 Å². The second-order valence-electron chi connectivity index (χ2n) is 2.56. The van der Waals surface area contributed by atoms with Crippen molar-refractivity contribution < 1.29 is 14.4 Å². The molecule has 4 heteroatoms. The molecule has 4 nitrogen and oxygen atoms in total. The number of nitrogens with zero attached hydrogens (tertiary/aromatic N) is 1. The van der Waals surface area contributed by atoms with E-state index >= 15 is 0 Å². The summed E-state index contributed by atoms with van der Waals surface area (Å²) < 4.78 is 5.07. The Bertz CT molecular complexity index is 347. The van der Waals surface area contributed by atoms with Gasteiger partial charge in [0.2, 0.25) is 0 Å². The van der Waals surface area contributed by atoms with Gasteiger partial charge in [0.15, 0.2) is 0 Å². The molecule has 0 atom stereocenters. The summed E-state index contributed by atoms with van der Waals surface area (Å²) in [7, 11) is 1.57. The molecule has 0 heterocycles. The molecule has 0 saturated carbocycles. The zero-order valence-electron chi connectivity index (χ0n) is 8.06. The maximum absolute atomic E-state index is 10.4. The smallest absolute Gasteiger partial charge is 0.331 e. The van der Waals surface area contributed by atoms with E-state index in [2.05, 4.69) is 9.99 Å². The summed E-state index contributed by atoms with van der Waals surface area (Å²) in [6, 6.07) is 7.31. The molecule has 0 saturated heterocycles. The van der Waals surface area contributed by atoms with Crippen molar-refractivity contribution in [3.05, 3.63) is 29.8 Å². The van der Waals surface area contributed by atoms with Gasteiger partial charge in [0.1, 0.15) is 5.75 Å². The Morgan fingerprint density at radius 2 is 2.14 bits per heavy atom. The van der Waals surface area contributed by atoms with Crippen molar-refractivity contribution in [2.24, 2.45) is 5.16 Å². The highest BCUT2D eigenvalue weighted by atomic mass is 16.7. The molecule has 1 aromatic rings. The summed E-state index contributed by atoms with van der Waals surface area (Å²) in [5.41, 5.74) is 0.760. The Balaban J connectivity index is 2.75. The molecular weight excluding hydrogens is 182 g/mol. The zero-order chi connectivity index (χ0) is 10.4. The quantitative estimate of drug-likeness (QED) is 0.416. The van der Waals surface area contributed by atoms with E-state index < -0.39 is 5.97 Å². The topological polar surface area (TPSA) is 47.9 Å². The van der Waals surface area contributed by atoms with Crippen molar-refractivity contribution in [2.75, 3.05) is 7.11 Å². The fourth-order valence-corrected chi connectivity index (χ4v) is 0.930. The number of hydrogen-bond acceptors (Lipinski definition) is 4. The minimum Gasteiger partial charge on any atom is -0.496 e. The fraction of sp³-hybridized carbons (Fsp3) is 0.200. The highest BCUT2D eigenvalue weighted by Gasteiger charge is 1.97. The number of hydrogen-bond donors (Lipinski definition) is 0. The van der Waals surface area contributed by atoms with Gasteiger partial charge in [-0.1, -0.05) is 17.3 Å². The number of carbonyl (C=O) groups is 1. The Kier molecular flexibility index (Phi) is 3.67. The van der Waals surface area contributed by atoms with Crippen LogP contribution in [0, 0.1) is 0 Å². The normalized spacial score (nSPS) is 10.1. The van der Waals surface area contributed by atoms with Gasteiger partial charge < -0.3 is 9.57 Å². The Labute approximate surface area is 82.1 Å². The van der Waals surface area contributed by atoms with Crippen molar-refractivity contribution in [1.82, 2.24) is 0 Å². The molecule has 14 heavy (non-hydrogen) atoms. The van der Waals surface area contributed by atoms with E-state index in [0.29, 0.717) is 5.75 Å². The predicted molar refractivity (Wildman–Crippen MR) is 52.4 cm³/mol. The molecule has 0 N–H and O–H groups in total. The van der Waals surface area contributed by atoms with Crippen LogP contribution in [-0.2, 0) is 9.63 Å². The van der Waals surface area contributed by atoms with Gasteiger partial charge in [-0.05, 0) is 12.1 Å². The predicted octanol–water partition coefficient (Wildman–Crippen LogP) is 1.59. The van der Waals surface area contributed by atoms with Crippen molar-refractivity contribution >= 4 is 12.2 Å². The molecule has 0 aromatic heterocycles. The maximum Gasteiger partial charge on any atom is 0.331 e. The summed E-state index contributed by atoms with van der Waals surface area (Å²) in [5.74, 6) is 0.236. The Morgan fingerprint density at radius 1 is 1.43 bits per heavy atom. The molecule has 74 valence electrons. The summed E-state index contributed by atoms with van der Waals surface area (Å²) in [6.07, 6.45) is 1.43. The van der Waals surface area contributed by atoms with Crippen molar-refractivity contribution in [2.45, 2.75) is 6.92 Å². The molecule has 0 amide bonds. The standard InChI is InChI=1S/C10H11NO3/c1-8(12)14-11-7-9-5-3-4-6-10(9)13-2/h3-7H,1-2H3/b11-7+. The number of ether oxygens (including phenoxy) is 1.